The van der Waals surface area contributed by atoms with Crippen molar-refractivity contribution in [1.29, 1.82) is 0 Å². The van der Waals surface area contributed by atoms with Gasteiger partial charge in [-0.25, -0.2) is 9.18 Å². The lowest BCUT2D eigenvalue weighted by Crippen LogP contribution is -2.47. The molecule has 1 fully saturated rings. The lowest BCUT2D eigenvalue weighted by molar-refractivity contribution is -0.137. The van der Waals surface area contributed by atoms with Gasteiger partial charge in [-0.3, -0.25) is 10.1 Å². The molecule has 1 aliphatic heterocycles. The number of piperidine rings is 1. The van der Waals surface area contributed by atoms with Gasteiger partial charge >= 0.3 is 12.2 Å². The summed E-state index contributed by atoms with van der Waals surface area (Å²) in [7, 11) is 1.53. The molecule has 1 aromatic carbocycles. The Morgan fingerprint density at radius 2 is 1.89 bits per heavy atom. The van der Waals surface area contributed by atoms with Crippen LogP contribution in [0.2, 0.25) is 0 Å². The van der Waals surface area contributed by atoms with E-state index in [-0.39, 0.29) is 6.04 Å². The van der Waals surface area contributed by atoms with E-state index >= 15 is 0 Å². The molecule has 0 saturated carbocycles. The van der Waals surface area contributed by atoms with Crippen LogP contribution in [0.5, 0.6) is 0 Å². The number of hydrogen-bond acceptors (Lipinski definition) is 6. The third-order valence-electron chi connectivity index (χ3n) is 6.48. The van der Waals surface area contributed by atoms with Crippen molar-refractivity contribution < 1.29 is 22.4 Å². The molecule has 0 bridgehead atoms. The van der Waals surface area contributed by atoms with Crippen molar-refractivity contribution in [2.75, 3.05) is 30.4 Å². The highest BCUT2D eigenvalue weighted by Crippen LogP contribution is 2.36. The third-order valence-corrected chi connectivity index (χ3v) is 6.48. The molecule has 4 aromatic rings. The summed E-state index contributed by atoms with van der Waals surface area (Å²) in [6.45, 7) is 1.10. The van der Waals surface area contributed by atoms with Gasteiger partial charge in [-0.2, -0.15) is 18.3 Å². The number of hydrogen-bond donors (Lipinski definition) is 2. The fourth-order valence-electron chi connectivity index (χ4n) is 4.50. The number of rotatable bonds is 4. The van der Waals surface area contributed by atoms with Gasteiger partial charge in [0.05, 0.1) is 16.9 Å². The molecule has 2 N–H and O–H groups in total. The molecule has 3 aromatic heterocycles. The predicted molar refractivity (Wildman–Crippen MR) is 128 cm³/mol. The summed E-state index contributed by atoms with van der Waals surface area (Å²) in [6.07, 6.45) is 1.36. The van der Waals surface area contributed by atoms with Crippen LogP contribution in [-0.2, 0) is 6.18 Å². The van der Waals surface area contributed by atoms with Crippen molar-refractivity contribution in [3.8, 4) is 11.4 Å². The molecule has 0 aliphatic carbocycles. The molecule has 13 heteroatoms. The molecule has 0 spiro atoms. The van der Waals surface area contributed by atoms with Gasteiger partial charge in [0.25, 0.3) is 0 Å². The summed E-state index contributed by atoms with van der Waals surface area (Å²) < 4.78 is 53.3. The summed E-state index contributed by atoms with van der Waals surface area (Å²) >= 11 is 0. The fraction of sp³-hybridized carbons (Fsp3) is 0.292. The van der Waals surface area contributed by atoms with E-state index in [1.54, 1.807) is 24.7 Å². The zero-order valence-electron chi connectivity index (χ0n) is 19.6. The van der Waals surface area contributed by atoms with E-state index in [9.17, 15) is 22.4 Å². The number of amides is 2. The third kappa shape index (κ3) is 4.88. The Balaban J connectivity index is 1.29. The molecule has 2 amide bonds. The minimum atomic E-state index is -4.81. The number of fused-ring (bicyclic) bond motifs is 1. The fourth-order valence-corrected chi connectivity index (χ4v) is 4.50. The lowest BCUT2D eigenvalue weighted by atomic mass is 10.0. The number of carbonyl (C=O) groups excluding carboxylic acids is 1. The average molecular weight is 514 g/mol. The van der Waals surface area contributed by atoms with Crippen LogP contribution in [0.1, 0.15) is 18.4 Å². The Kier molecular flexibility index (Phi) is 6.36. The number of aromatic nitrogens is 5. The normalized spacial score (nSPS) is 14.7. The number of benzene rings is 1. The van der Waals surface area contributed by atoms with E-state index < -0.39 is 29.3 Å². The largest absolute Gasteiger partial charge is 0.418 e. The minimum absolute atomic E-state index is 0.215. The highest BCUT2D eigenvalue weighted by Gasteiger charge is 2.35. The van der Waals surface area contributed by atoms with Crippen molar-refractivity contribution in [2.24, 2.45) is 0 Å². The first-order valence-electron chi connectivity index (χ1n) is 11.5. The van der Waals surface area contributed by atoms with Gasteiger partial charge in [-0.05, 0) is 43.2 Å². The van der Waals surface area contributed by atoms with E-state index in [4.69, 9.17) is 0 Å². The van der Waals surface area contributed by atoms with Gasteiger partial charge in [-0.1, -0.05) is 0 Å². The van der Waals surface area contributed by atoms with Crippen LogP contribution in [0.3, 0.4) is 0 Å². The molecule has 0 atom stereocenters. The van der Waals surface area contributed by atoms with Crippen LogP contribution >= 0.6 is 0 Å². The van der Waals surface area contributed by atoms with E-state index in [1.165, 1.54) is 11.9 Å². The molecule has 9 nitrogen and oxygen atoms in total. The Hall–Kier alpha value is -4.29. The number of nitrogens with zero attached hydrogens (tertiary/aromatic N) is 6. The van der Waals surface area contributed by atoms with Gasteiger partial charge in [0.1, 0.15) is 11.5 Å². The van der Waals surface area contributed by atoms with Gasteiger partial charge in [0, 0.05) is 55.5 Å². The van der Waals surface area contributed by atoms with Crippen LogP contribution in [0, 0.1) is 5.82 Å². The molecule has 0 unspecified atom stereocenters. The molecular formula is C24H22F4N8O. The van der Waals surface area contributed by atoms with Crippen molar-refractivity contribution >= 4 is 28.3 Å². The van der Waals surface area contributed by atoms with E-state index in [1.807, 2.05) is 6.07 Å². The summed E-state index contributed by atoms with van der Waals surface area (Å²) in [5, 5.41) is 19.7. The molecule has 4 heterocycles. The van der Waals surface area contributed by atoms with Gasteiger partial charge < -0.3 is 15.1 Å². The number of nitrogens with one attached hydrogen (secondary N) is 2. The minimum Gasteiger partial charge on any atom is -0.354 e. The maximum absolute atomic E-state index is 13.4. The number of carbonyl (C=O) groups is 1. The second-order valence-corrected chi connectivity index (χ2v) is 8.71. The Labute approximate surface area is 208 Å². The predicted octanol–water partition coefficient (Wildman–Crippen LogP) is 4.71. The zero-order valence-corrected chi connectivity index (χ0v) is 19.6. The second kappa shape index (κ2) is 9.64. The van der Waals surface area contributed by atoms with Gasteiger partial charge in [0.2, 0.25) is 0 Å². The Morgan fingerprint density at radius 1 is 1.11 bits per heavy atom. The van der Waals surface area contributed by atoms with Crippen molar-refractivity contribution in [3.63, 3.8) is 0 Å². The van der Waals surface area contributed by atoms with E-state index in [0.29, 0.717) is 43.5 Å². The Morgan fingerprint density at radius 3 is 2.59 bits per heavy atom. The summed E-state index contributed by atoms with van der Waals surface area (Å²) in [4.78, 5) is 20.4. The molecule has 1 saturated heterocycles. The summed E-state index contributed by atoms with van der Waals surface area (Å²) in [5.41, 5.74) is -0.336. The molecule has 37 heavy (non-hydrogen) atoms. The first-order valence-corrected chi connectivity index (χ1v) is 11.5. The van der Waals surface area contributed by atoms with Crippen LogP contribution in [-0.4, -0.2) is 62.5 Å². The van der Waals surface area contributed by atoms with E-state index in [2.05, 4.69) is 35.6 Å². The molecule has 5 rings (SSSR count). The van der Waals surface area contributed by atoms with Gasteiger partial charge in [-0.15, -0.1) is 10.2 Å². The van der Waals surface area contributed by atoms with Gasteiger partial charge in [0.15, 0.2) is 5.82 Å². The topological polar surface area (TPSA) is 103 Å². The van der Waals surface area contributed by atoms with Crippen LogP contribution < -0.4 is 10.2 Å². The number of urea groups is 1. The Bertz CT molecular complexity index is 1420. The van der Waals surface area contributed by atoms with E-state index in [0.717, 1.165) is 28.6 Å². The lowest BCUT2D eigenvalue weighted by Gasteiger charge is -2.37. The number of anilines is 2. The average Bonchev–Trinajstić information content (AvgIpc) is 3.43. The quantitative estimate of drug-likeness (QED) is 0.383. The van der Waals surface area contributed by atoms with Crippen LogP contribution in [0.4, 0.5) is 33.9 Å². The number of H-pyrrole nitrogens is 1. The standard InChI is InChI=1S/C24H22F4N8O/c1-35(23(37)31-19-3-2-14(25)12-18(19)24(26,27)28)15-6-10-36(11-7-15)22-17-13-29-8-4-16(17)21(33-34-22)20-5-9-30-32-20/h2-5,8-9,12-13,15H,6-7,10-11H2,1H3,(H,30,32)(H,31,37). The first kappa shape index (κ1) is 24.4. The zero-order chi connectivity index (χ0) is 26.2. The van der Waals surface area contributed by atoms with Crippen molar-refractivity contribution in [1.82, 2.24) is 30.3 Å². The number of pyridine rings is 1. The molecule has 192 valence electrons. The maximum atomic E-state index is 13.4. The molecule has 0 radical (unpaired) electrons. The summed E-state index contributed by atoms with van der Waals surface area (Å²) in [5.74, 6) is -0.368. The monoisotopic (exact) mass is 514 g/mol. The highest BCUT2D eigenvalue weighted by molar-refractivity contribution is 5.99. The molecular weight excluding hydrogens is 492 g/mol. The highest BCUT2D eigenvalue weighted by atomic mass is 19.4. The smallest absolute Gasteiger partial charge is 0.354 e. The number of aromatic amines is 1. The second-order valence-electron chi connectivity index (χ2n) is 8.71. The first-order chi connectivity index (χ1) is 17.7. The van der Waals surface area contributed by atoms with Crippen molar-refractivity contribution in [2.45, 2.75) is 25.1 Å². The summed E-state index contributed by atoms with van der Waals surface area (Å²) in [6, 6.07) is 4.91. The van der Waals surface area contributed by atoms with Crippen molar-refractivity contribution in [3.05, 3.63) is 60.3 Å². The number of halogens is 4. The molecule has 1 aliphatic rings. The number of alkyl halides is 3. The SMILES string of the molecule is CN(C(=O)Nc1ccc(F)cc1C(F)(F)F)C1CCN(c2nnc(-c3ccn[nH]3)c3ccncc23)CC1. The van der Waals surface area contributed by atoms with Crippen LogP contribution in [0.15, 0.2) is 48.9 Å². The van der Waals surface area contributed by atoms with Crippen LogP contribution in [0.25, 0.3) is 22.2 Å². The maximum Gasteiger partial charge on any atom is 0.418 e.